The van der Waals surface area contributed by atoms with Crippen LogP contribution < -0.4 is 0 Å². The third-order valence-electron chi connectivity index (χ3n) is 7.39. The molecule has 0 radical (unpaired) electrons. The zero-order valence-corrected chi connectivity index (χ0v) is 20.0. The van der Waals surface area contributed by atoms with E-state index in [1.165, 1.54) is 24.0 Å². The van der Waals surface area contributed by atoms with Gasteiger partial charge < -0.3 is 14.2 Å². The lowest BCUT2D eigenvalue weighted by Gasteiger charge is -2.40. The van der Waals surface area contributed by atoms with E-state index in [-0.39, 0.29) is 17.9 Å². The molecule has 1 aromatic heterocycles. The first-order valence-electron chi connectivity index (χ1n) is 12.3. The molecule has 1 aliphatic heterocycles. The number of allylic oxidation sites excluding steroid dienone is 1. The average molecular weight is 449 g/mol. The summed E-state index contributed by atoms with van der Waals surface area (Å²) in [5.41, 5.74) is 3.17. The molecule has 1 fully saturated rings. The summed E-state index contributed by atoms with van der Waals surface area (Å²) in [5.74, 6) is 1.27. The standard InChI is InChI=1S/C28H36N2O3/c1-21-25(15-18-33-21)28(32)29(2)26(19-22-9-5-3-6-10-22)24-13-16-30(17-14-24)27(31)20-23-11-7-4-8-12-23/h3,5-6,9-11,15,18,24,26H,4,7-8,12-14,16-17,19-20H2,1-2H3. The summed E-state index contributed by atoms with van der Waals surface area (Å²) in [6, 6.07) is 12.2. The summed E-state index contributed by atoms with van der Waals surface area (Å²) >= 11 is 0. The largest absolute Gasteiger partial charge is 0.469 e. The minimum Gasteiger partial charge on any atom is -0.469 e. The van der Waals surface area contributed by atoms with Crippen molar-refractivity contribution in [3.05, 3.63) is 71.2 Å². The number of amides is 2. The molecule has 1 aliphatic carbocycles. The van der Waals surface area contributed by atoms with Crippen LogP contribution in [0.25, 0.3) is 0 Å². The zero-order valence-electron chi connectivity index (χ0n) is 20.0. The summed E-state index contributed by atoms with van der Waals surface area (Å²) in [7, 11) is 1.91. The molecule has 4 rings (SSSR count). The molecule has 1 aromatic carbocycles. The van der Waals surface area contributed by atoms with Gasteiger partial charge in [0, 0.05) is 32.6 Å². The molecule has 0 spiro atoms. The molecular formula is C28H36N2O3. The Morgan fingerprint density at radius 1 is 1.12 bits per heavy atom. The predicted octanol–water partition coefficient (Wildman–Crippen LogP) is 5.40. The van der Waals surface area contributed by atoms with Crippen molar-refractivity contribution in [2.24, 2.45) is 5.92 Å². The van der Waals surface area contributed by atoms with Crippen molar-refractivity contribution >= 4 is 11.8 Å². The van der Waals surface area contributed by atoms with Crippen LogP contribution in [0, 0.1) is 12.8 Å². The highest BCUT2D eigenvalue weighted by atomic mass is 16.3. The molecule has 1 unspecified atom stereocenters. The van der Waals surface area contributed by atoms with Crippen molar-refractivity contribution in [3.63, 3.8) is 0 Å². The van der Waals surface area contributed by atoms with Crippen LogP contribution in [0.15, 0.2) is 58.7 Å². The third kappa shape index (κ3) is 5.76. The first-order chi connectivity index (χ1) is 16.0. The summed E-state index contributed by atoms with van der Waals surface area (Å²) in [6.45, 7) is 3.38. The normalized spacial score (nSPS) is 18.0. The first-order valence-corrected chi connectivity index (χ1v) is 12.3. The number of benzene rings is 1. The van der Waals surface area contributed by atoms with Crippen LogP contribution in [0.2, 0.25) is 0 Å². The van der Waals surface area contributed by atoms with Crippen molar-refractivity contribution < 1.29 is 14.0 Å². The smallest absolute Gasteiger partial charge is 0.257 e. The highest BCUT2D eigenvalue weighted by Crippen LogP contribution is 2.29. The van der Waals surface area contributed by atoms with Crippen molar-refractivity contribution in [1.82, 2.24) is 9.80 Å². The quantitative estimate of drug-likeness (QED) is 0.533. The summed E-state index contributed by atoms with van der Waals surface area (Å²) < 4.78 is 5.39. The van der Waals surface area contributed by atoms with E-state index in [9.17, 15) is 9.59 Å². The van der Waals surface area contributed by atoms with Gasteiger partial charge in [-0.05, 0) is 69.4 Å². The Morgan fingerprint density at radius 3 is 2.52 bits per heavy atom. The average Bonchev–Trinajstić information content (AvgIpc) is 3.29. The minimum atomic E-state index is 0.00456. The Hall–Kier alpha value is -2.82. The van der Waals surface area contributed by atoms with Crippen molar-refractivity contribution in [1.29, 1.82) is 0 Å². The second-order valence-electron chi connectivity index (χ2n) is 9.57. The molecule has 1 atom stereocenters. The van der Waals surface area contributed by atoms with Crippen LogP contribution in [0.4, 0.5) is 0 Å². The van der Waals surface area contributed by atoms with Crippen molar-refractivity contribution in [2.75, 3.05) is 20.1 Å². The van der Waals surface area contributed by atoms with E-state index in [0.717, 1.165) is 45.2 Å². The van der Waals surface area contributed by atoms with Gasteiger partial charge in [-0.2, -0.15) is 0 Å². The molecule has 176 valence electrons. The molecule has 5 heteroatoms. The fourth-order valence-corrected chi connectivity index (χ4v) is 5.33. The van der Waals surface area contributed by atoms with E-state index < -0.39 is 0 Å². The van der Waals surface area contributed by atoms with Gasteiger partial charge in [-0.15, -0.1) is 0 Å². The topological polar surface area (TPSA) is 53.8 Å². The van der Waals surface area contributed by atoms with Crippen LogP contribution in [-0.2, 0) is 11.2 Å². The van der Waals surface area contributed by atoms with E-state index in [1.54, 1.807) is 12.3 Å². The monoisotopic (exact) mass is 448 g/mol. The first kappa shape index (κ1) is 23.3. The fourth-order valence-electron chi connectivity index (χ4n) is 5.33. The molecule has 0 N–H and O–H groups in total. The van der Waals surface area contributed by atoms with Crippen LogP contribution in [0.5, 0.6) is 0 Å². The van der Waals surface area contributed by atoms with E-state index >= 15 is 0 Å². The number of furan rings is 1. The van der Waals surface area contributed by atoms with Crippen LogP contribution in [0.3, 0.4) is 0 Å². The second kappa shape index (κ2) is 10.9. The number of hydrogen-bond acceptors (Lipinski definition) is 3. The van der Waals surface area contributed by atoms with Gasteiger partial charge in [-0.25, -0.2) is 0 Å². The van der Waals surface area contributed by atoms with Crippen LogP contribution in [0.1, 0.15) is 66.6 Å². The van der Waals surface area contributed by atoms with Crippen molar-refractivity contribution in [3.8, 4) is 0 Å². The van der Waals surface area contributed by atoms with Gasteiger partial charge >= 0.3 is 0 Å². The number of likely N-dealkylation sites (tertiary alicyclic amines) is 1. The number of piperidine rings is 1. The zero-order chi connectivity index (χ0) is 23.2. The molecule has 0 bridgehead atoms. The number of hydrogen-bond donors (Lipinski definition) is 0. The predicted molar refractivity (Wildman–Crippen MR) is 130 cm³/mol. The maximum atomic E-state index is 13.3. The van der Waals surface area contributed by atoms with E-state index in [2.05, 4.69) is 30.3 Å². The molecule has 2 aliphatic rings. The van der Waals surface area contributed by atoms with E-state index in [4.69, 9.17) is 4.42 Å². The summed E-state index contributed by atoms with van der Waals surface area (Å²) in [4.78, 5) is 30.1. The molecule has 33 heavy (non-hydrogen) atoms. The lowest BCUT2D eigenvalue weighted by molar-refractivity contribution is -0.132. The van der Waals surface area contributed by atoms with Gasteiger partial charge in [0.25, 0.3) is 5.91 Å². The second-order valence-corrected chi connectivity index (χ2v) is 9.57. The van der Waals surface area contributed by atoms with E-state index in [0.29, 0.717) is 23.7 Å². The van der Waals surface area contributed by atoms with Crippen LogP contribution >= 0.6 is 0 Å². The molecule has 2 amide bonds. The van der Waals surface area contributed by atoms with Gasteiger partial charge in [0.1, 0.15) is 5.76 Å². The fraction of sp³-hybridized carbons (Fsp3) is 0.500. The van der Waals surface area contributed by atoms with E-state index in [1.807, 2.05) is 29.8 Å². The molecule has 2 aromatic rings. The van der Waals surface area contributed by atoms with Crippen LogP contribution in [-0.4, -0.2) is 47.8 Å². The molecule has 5 nitrogen and oxygen atoms in total. The molecular weight excluding hydrogens is 412 g/mol. The number of likely N-dealkylation sites (N-methyl/N-ethyl adjacent to an activating group) is 1. The van der Waals surface area contributed by atoms with Gasteiger partial charge in [0.05, 0.1) is 11.8 Å². The SMILES string of the molecule is Cc1occc1C(=O)N(C)C(Cc1ccccc1)C1CCN(C(=O)CC2=CCCCC2)CC1. The molecule has 1 saturated heterocycles. The summed E-state index contributed by atoms with van der Waals surface area (Å²) in [5, 5.41) is 0. The molecule has 2 heterocycles. The Balaban J connectivity index is 1.43. The Kier molecular flexibility index (Phi) is 7.69. The number of carbonyl (C=O) groups excluding carboxylic acids is 2. The third-order valence-corrected chi connectivity index (χ3v) is 7.39. The minimum absolute atomic E-state index is 0.00456. The lowest BCUT2D eigenvalue weighted by Crippen LogP contribution is -2.48. The summed E-state index contributed by atoms with van der Waals surface area (Å²) in [6.07, 6.45) is 11.7. The number of carbonyl (C=O) groups is 2. The number of aryl methyl sites for hydroxylation is 1. The van der Waals surface area contributed by atoms with Gasteiger partial charge in [-0.1, -0.05) is 42.0 Å². The van der Waals surface area contributed by atoms with Gasteiger partial charge in [0.2, 0.25) is 5.91 Å². The Bertz CT molecular complexity index is 970. The highest BCUT2D eigenvalue weighted by molar-refractivity contribution is 5.95. The lowest BCUT2D eigenvalue weighted by atomic mass is 9.84. The maximum absolute atomic E-state index is 13.3. The highest BCUT2D eigenvalue weighted by Gasteiger charge is 2.33. The number of rotatable bonds is 7. The Morgan fingerprint density at radius 2 is 1.88 bits per heavy atom. The maximum Gasteiger partial charge on any atom is 0.257 e. The molecule has 0 saturated carbocycles. The Labute approximate surface area is 197 Å². The van der Waals surface area contributed by atoms with Gasteiger partial charge in [-0.3, -0.25) is 9.59 Å². The van der Waals surface area contributed by atoms with Crippen molar-refractivity contribution in [2.45, 2.75) is 64.3 Å². The number of nitrogens with zero attached hydrogens (tertiary/aromatic N) is 2. The van der Waals surface area contributed by atoms with Gasteiger partial charge in [0.15, 0.2) is 0 Å².